The van der Waals surface area contributed by atoms with Gasteiger partial charge in [0.2, 0.25) is 0 Å². The molecule has 19 heavy (non-hydrogen) atoms. The fourth-order valence-corrected chi connectivity index (χ4v) is 3.60. The summed E-state index contributed by atoms with van der Waals surface area (Å²) in [6, 6.07) is 4.82. The third-order valence-electron chi connectivity index (χ3n) is 2.39. The number of hydrogen-bond donors (Lipinski definition) is 1. The van der Waals surface area contributed by atoms with Crippen LogP contribution in [0.4, 0.5) is 0 Å². The van der Waals surface area contributed by atoms with E-state index in [1.165, 1.54) is 24.3 Å². The van der Waals surface area contributed by atoms with E-state index in [9.17, 15) is 21.6 Å². The smallest absolute Gasteiger partial charge is 0.335 e. The minimum Gasteiger partial charge on any atom is -0.478 e. The van der Waals surface area contributed by atoms with Gasteiger partial charge in [-0.3, -0.25) is 0 Å². The first kappa shape index (κ1) is 15.6. The van der Waals surface area contributed by atoms with Crippen LogP contribution >= 0.6 is 0 Å². The summed E-state index contributed by atoms with van der Waals surface area (Å²) in [5, 5.41) is 8.69. The number of benzene rings is 1. The summed E-state index contributed by atoms with van der Waals surface area (Å²) >= 11 is 0. The van der Waals surface area contributed by atoms with E-state index in [-0.39, 0.29) is 28.4 Å². The first-order chi connectivity index (χ1) is 8.62. The Morgan fingerprint density at radius 3 is 2.00 bits per heavy atom. The van der Waals surface area contributed by atoms with Gasteiger partial charge in [0.15, 0.2) is 9.84 Å². The molecule has 1 N–H and O–H groups in total. The van der Waals surface area contributed by atoms with Crippen LogP contribution in [0.2, 0.25) is 0 Å². The van der Waals surface area contributed by atoms with Crippen LogP contribution in [-0.2, 0) is 19.7 Å². The Hall–Kier alpha value is -1.41. The van der Waals surface area contributed by atoms with Gasteiger partial charge in [0, 0.05) is 6.26 Å². The van der Waals surface area contributed by atoms with E-state index < -0.39 is 25.6 Å². The van der Waals surface area contributed by atoms with Crippen LogP contribution in [0.15, 0.2) is 29.2 Å². The molecular weight excluding hydrogens is 292 g/mol. The monoisotopic (exact) mass is 306 g/mol. The molecule has 0 heterocycles. The second-order valence-corrected chi connectivity index (χ2v) is 8.50. The quantitative estimate of drug-likeness (QED) is 0.824. The van der Waals surface area contributed by atoms with Crippen molar-refractivity contribution >= 4 is 25.6 Å². The van der Waals surface area contributed by atoms with Gasteiger partial charge in [0.05, 0.1) is 22.0 Å². The molecule has 0 aliphatic rings. The second-order valence-electron chi connectivity index (χ2n) is 4.13. The molecule has 0 spiro atoms. The number of aromatic carboxylic acids is 1. The van der Waals surface area contributed by atoms with Crippen molar-refractivity contribution in [2.24, 2.45) is 0 Å². The molecule has 0 aliphatic carbocycles. The standard InChI is InChI=1S/C11H14O6S2/c1-18(14,15)7-2-8-19(16,17)10-5-3-9(4-6-10)11(12)13/h3-6H,2,7-8H2,1H3,(H,12,13). The van der Waals surface area contributed by atoms with Crippen molar-refractivity contribution in [3.8, 4) is 0 Å². The third-order valence-corrected chi connectivity index (χ3v) is 5.24. The molecule has 0 bridgehead atoms. The van der Waals surface area contributed by atoms with Crippen LogP contribution in [0.25, 0.3) is 0 Å². The summed E-state index contributed by atoms with van der Waals surface area (Å²) in [6.07, 6.45) is 1.06. The highest BCUT2D eigenvalue weighted by Crippen LogP contribution is 2.13. The van der Waals surface area contributed by atoms with Crippen molar-refractivity contribution in [3.63, 3.8) is 0 Å². The zero-order chi connectivity index (χ0) is 14.7. The average Bonchev–Trinajstić information content (AvgIpc) is 2.27. The van der Waals surface area contributed by atoms with Gasteiger partial charge in [-0.05, 0) is 30.7 Å². The highest BCUT2D eigenvalue weighted by molar-refractivity contribution is 7.92. The molecule has 0 saturated carbocycles. The van der Waals surface area contributed by atoms with E-state index in [4.69, 9.17) is 5.11 Å². The Morgan fingerprint density at radius 1 is 1.05 bits per heavy atom. The molecule has 0 atom stereocenters. The lowest BCUT2D eigenvalue weighted by molar-refractivity contribution is 0.0696. The number of rotatable bonds is 6. The van der Waals surface area contributed by atoms with Gasteiger partial charge in [-0.25, -0.2) is 21.6 Å². The molecule has 0 amide bonds. The van der Waals surface area contributed by atoms with Gasteiger partial charge in [0.25, 0.3) is 0 Å². The summed E-state index contributed by atoms with van der Waals surface area (Å²) in [6.45, 7) is 0. The molecule has 8 heteroatoms. The molecule has 6 nitrogen and oxygen atoms in total. The normalized spacial score (nSPS) is 12.3. The van der Waals surface area contributed by atoms with Crippen LogP contribution in [0.3, 0.4) is 0 Å². The molecule has 0 saturated heterocycles. The van der Waals surface area contributed by atoms with Crippen molar-refractivity contribution in [1.82, 2.24) is 0 Å². The van der Waals surface area contributed by atoms with Gasteiger partial charge >= 0.3 is 5.97 Å². The summed E-state index contributed by atoms with van der Waals surface area (Å²) < 4.78 is 45.5. The van der Waals surface area contributed by atoms with Crippen LogP contribution < -0.4 is 0 Å². The number of carboxylic acid groups (broad SMARTS) is 1. The van der Waals surface area contributed by atoms with E-state index in [0.29, 0.717) is 0 Å². The molecule has 0 radical (unpaired) electrons. The van der Waals surface area contributed by atoms with E-state index in [2.05, 4.69) is 0 Å². The zero-order valence-electron chi connectivity index (χ0n) is 10.2. The van der Waals surface area contributed by atoms with Crippen molar-refractivity contribution in [2.75, 3.05) is 17.8 Å². The average molecular weight is 306 g/mol. The van der Waals surface area contributed by atoms with Gasteiger partial charge in [-0.2, -0.15) is 0 Å². The zero-order valence-corrected chi connectivity index (χ0v) is 11.9. The van der Waals surface area contributed by atoms with Gasteiger partial charge in [-0.15, -0.1) is 0 Å². The largest absolute Gasteiger partial charge is 0.478 e. The number of hydrogen-bond acceptors (Lipinski definition) is 5. The third kappa shape index (κ3) is 4.99. The maximum absolute atomic E-state index is 11.9. The maximum atomic E-state index is 11.9. The summed E-state index contributed by atoms with van der Waals surface area (Å²) in [4.78, 5) is 10.6. The lowest BCUT2D eigenvalue weighted by atomic mass is 10.2. The predicted molar refractivity (Wildman–Crippen MR) is 69.8 cm³/mol. The Morgan fingerprint density at radius 2 is 1.58 bits per heavy atom. The Bertz CT molecular complexity index is 656. The fourth-order valence-electron chi connectivity index (χ4n) is 1.43. The Kier molecular flexibility index (Phi) is 4.70. The topological polar surface area (TPSA) is 106 Å². The van der Waals surface area contributed by atoms with Crippen LogP contribution in [-0.4, -0.2) is 45.7 Å². The van der Waals surface area contributed by atoms with Crippen LogP contribution in [0.5, 0.6) is 0 Å². The molecule has 0 aromatic heterocycles. The van der Waals surface area contributed by atoms with Crippen molar-refractivity contribution < 1.29 is 26.7 Å². The van der Waals surface area contributed by atoms with Crippen molar-refractivity contribution in [3.05, 3.63) is 29.8 Å². The van der Waals surface area contributed by atoms with Crippen LogP contribution in [0.1, 0.15) is 16.8 Å². The van der Waals surface area contributed by atoms with E-state index in [1.807, 2.05) is 0 Å². The molecule has 1 rings (SSSR count). The minimum atomic E-state index is -3.58. The fraction of sp³-hybridized carbons (Fsp3) is 0.364. The molecule has 1 aromatic carbocycles. The Labute approximate surface area is 111 Å². The maximum Gasteiger partial charge on any atom is 0.335 e. The predicted octanol–water partition coefficient (Wildman–Crippen LogP) is 0.593. The van der Waals surface area contributed by atoms with Gasteiger partial charge in [-0.1, -0.05) is 0 Å². The lowest BCUT2D eigenvalue weighted by Crippen LogP contribution is -2.12. The molecule has 0 unspecified atom stereocenters. The number of sulfone groups is 2. The number of carboxylic acids is 1. The number of carbonyl (C=O) groups is 1. The van der Waals surface area contributed by atoms with Crippen LogP contribution in [0, 0.1) is 0 Å². The minimum absolute atomic E-state index is 0.00455. The highest BCUT2D eigenvalue weighted by Gasteiger charge is 2.16. The Balaban J connectivity index is 2.80. The van der Waals surface area contributed by atoms with E-state index >= 15 is 0 Å². The lowest BCUT2D eigenvalue weighted by Gasteiger charge is -2.04. The highest BCUT2D eigenvalue weighted by atomic mass is 32.2. The first-order valence-electron chi connectivity index (χ1n) is 5.36. The van der Waals surface area contributed by atoms with Gasteiger partial charge in [0.1, 0.15) is 9.84 Å². The molecule has 106 valence electrons. The van der Waals surface area contributed by atoms with E-state index in [1.54, 1.807) is 0 Å². The first-order valence-corrected chi connectivity index (χ1v) is 9.07. The SMILES string of the molecule is CS(=O)(=O)CCCS(=O)(=O)c1ccc(C(=O)O)cc1. The molecule has 0 aliphatic heterocycles. The molecular formula is C11H14O6S2. The molecule has 1 aromatic rings. The van der Waals surface area contributed by atoms with Gasteiger partial charge < -0.3 is 5.11 Å². The second kappa shape index (κ2) is 5.70. The molecule has 0 fully saturated rings. The summed E-state index contributed by atoms with van der Waals surface area (Å²) in [5.74, 6) is -1.62. The van der Waals surface area contributed by atoms with Crippen molar-refractivity contribution in [2.45, 2.75) is 11.3 Å². The van der Waals surface area contributed by atoms with E-state index in [0.717, 1.165) is 6.26 Å². The van der Waals surface area contributed by atoms with Crippen molar-refractivity contribution in [1.29, 1.82) is 0 Å². The summed E-state index contributed by atoms with van der Waals surface area (Å²) in [5.41, 5.74) is -0.00455. The summed E-state index contributed by atoms with van der Waals surface area (Å²) in [7, 11) is -6.77.